The van der Waals surface area contributed by atoms with E-state index in [4.69, 9.17) is 4.74 Å². The Balaban J connectivity index is 1.87. The molecule has 9 nitrogen and oxygen atoms in total. The Morgan fingerprint density at radius 3 is 2.74 bits per heavy atom. The monoisotopic (exact) mass is 392 g/mol. The average Bonchev–Trinajstić information content (AvgIpc) is 3.14. The number of carbonyl (C=O) groups is 2. The van der Waals surface area contributed by atoms with Gasteiger partial charge < -0.3 is 10.1 Å². The predicted molar refractivity (Wildman–Crippen MR) is 102 cm³/mol. The van der Waals surface area contributed by atoms with Crippen LogP contribution in [0.4, 0.5) is 4.79 Å². The lowest BCUT2D eigenvalue weighted by Gasteiger charge is -2.07. The van der Waals surface area contributed by atoms with Gasteiger partial charge in [0.05, 0.1) is 18.0 Å². The number of imide groups is 1. The molecule has 0 unspecified atom stereocenters. The fourth-order valence-electron chi connectivity index (χ4n) is 2.22. The first-order valence-corrected chi connectivity index (χ1v) is 9.69. The Bertz CT molecular complexity index is 735. The second-order valence-corrected chi connectivity index (χ2v) is 6.67. The number of thioether (sulfide) groups is 1. The molecule has 1 aromatic carbocycles. The second kappa shape index (κ2) is 11.3. The molecule has 1 heterocycles. The highest BCUT2D eigenvalue weighted by Gasteiger charge is 2.13. The molecule has 0 bridgehead atoms. The molecule has 0 spiro atoms. The number of nitrogens with one attached hydrogen (secondary N) is 2. The third-order valence-corrected chi connectivity index (χ3v) is 4.54. The van der Waals surface area contributed by atoms with Crippen LogP contribution in [0, 0.1) is 0 Å². The fraction of sp³-hybridized carbons (Fsp3) is 0.471. The zero-order valence-electron chi connectivity index (χ0n) is 15.5. The number of aryl methyl sites for hydroxylation is 1. The maximum atomic E-state index is 11.9. The summed E-state index contributed by atoms with van der Waals surface area (Å²) in [4.78, 5) is 23.4. The minimum atomic E-state index is -0.556. The summed E-state index contributed by atoms with van der Waals surface area (Å²) in [6, 6.07) is 7.46. The van der Waals surface area contributed by atoms with Crippen molar-refractivity contribution in [2.75, 3.05) is 26.0 Å². The fourth-order valence-corrected chi connectivity index (χ4v) is 2.91. The summed E-state index contributed by atoms with van der Waals surface area (Å²) < 4.78 is 6.39. The van der Waals surface area contributed by atoms with Crippen LogP contribution in [0.1, 0.15) is 25.3 Å². The van der Waals surface area contributed by atoms with Crippen molar-refractivity contribution >= 4 is 23.7 Å². The highest BCUT2D eigenvalue weighted by Crippen LogP contribution is 2.18. The summed E-state index contributed by atoms with van der Waals surface area (Å²) in [5.41, 5.74) is 2.09. The van der Waals surface area contributed by atoms with Crippen LogP contribution in [0.2, 0.25) is 0 Å². The molecule has 146 valence electrons. The predicted octanol–water partition coefficient (Wildman–Crippen LogP) is 1.57. The van der Waals surface area contributed by atoms with E-state index in [2.05, 4.69) is 45.2 Å². The van der Waals surface area contributed by atoms with Crippen molar-refractivity contribution < 1.29 is 14.3 Å². The molecule has 0 fully saturated rings. The first-order valence-electron chi connectivity index (χ1n) is 8.71. The third kappa shape index (κ3) is 6.99. The minimum Gasteiger partial charge on any atom is -0.383 e. The van der Waals surface area contributed by atoms with Gasteiger partial charge in [0.15, 0.2) is 0 Å². The van der Waals surface area contributed by atoms with Crippen molar-refractivity contribution in [3.8, 4) is 5.69 Å². The lowest BCUT2D eigenvalue weighted by molar-refractivity contribution is -0.117. The van der Waals surface area contributed by atoms with Gasteiger partial charge >= 0.3 is 6.03 Å². The molecule has 0 atom stereocenters. The van der Waals surface area contributed by atoms with E-state index in [0.29, 0.717) is 18.3 Å². The van der Waals surface area contributed by atoms with E-state index in [1.165, 1.54) is 12.7 Å². The van der Waals surface area contributed by atoms with Crippen molar-refractivity contribution in [3.05, 3.63) is 29.8 Å². The van der Waals surface area contributed by atoms with Crippen LogP contribution >= 0.6 is 11.8 Å². The van der Waals surface area contributed by atoms with Gasteiger partial charge in [0, 0.05) is 13.7 Å². The van der Waals surface area contributed by atoms with Crippen molar-refractivity contribution in [3.63, 3.8) is 0 Å². The molecule has 3 amide bonds. The smallest absolute Gasteiger partial charge is 0.321 e. The number of urea groups is 1. The second-order valence-electron chi connectivity index (χ2n) is 5.73. The average molecular weight is 392 g/mol. The summed E-state index contributed by atoms with van der Waals surface area (Å²) in [7, 11) is 1.53. The number of ether oxygens (including phenoxy) is 1. The number of benzene rings is 1. The first kappa shape index (κ1) is 20.8. The molecule has 0 radical (unpaired) electrons. The Morgan fingerprint density at radius 2 is 2.04 bits per heavy atom. The molecule has 0 aliphatic heterocycles. The van der Waals surface area contributed by atoms with E-state index < -0.39 is 11.9 Å². The molecule has 2 aromatic rings. The Hall–Kier alpha value is -2.46. The van der Waals surface area contributed by atoms with E-state index in [1.54, 1.807) is 4.68 Å². The highest BCUT2D eigenvalue weighted by atomic mass is 32.2. The van der Waals surface area contributed by atoms with Gasteiger partial charge in [-0.05, 0) is 41.0 Å². The van der Waals surface area contributed by atoms with Gasteiger partial charge in [0.1, 0.15) is 0 Å². The summed E-state index contributed by atoms with van der Waals surface area (Å²) in [6.07, 6.45) is 3.35. The quantitative estimate of drug-likeness (QED) is 0.466. The molecule has 0 aliphatic rings. The molecule has 2 N–H and O–H groups in total. The molecule has 10 heteroatoms. The van der Waals surface area contributed by atoms with Crippen LogP contribution in [-0.2, 0) is 16.0 Å². The first-order chi connectivity index (χ1) is 13.1. The van der Waals surface area contributed by atoms with Crippen molar-refractivity contribution in [2.45, 2.75) is 31.3 Å². The lowest BCUT2D eigenvalue weighted by atomic mass is 10.1. The topological polar surface area (TPSA) is 111 Å². The van der Waals surface area contributed by atoms with Crippen molar-refractivity contribution in [1.29, 1.82) is 0 Å². The van der Waals surface area contributed by atoms with E-state index in [9.17, 15) is 9.59 Å². The van der Waals surface area contributed by atoms with Gasteiger partial charge in [0.25, 0.3) is 0 Å². The molecular weight excluding hydrogens is 368 g/mol. The van der Waals surface area contributed by atoms with Gasteiger partial charge in [-0.15, -0.1) is 5.10 Å². The van der Waals surface area contributed by atoms with E-state index in [0.717, 1.165) is 36.7 Å². The van der Waals surface area contributed by atoms with Gasteiger partial charge in [-0.3, -0.25) is 10.1 Å². The number of carbonyl (C=O) groups excluding carboxylic acids is 2. The largest absolute Gasteiger partial charge is 0.383 e. The highest BCUT2D eigenvalue weighted by molar-refractivity contribution is 7.99. The van der Waals surface area contributed by atoms with Crippen LogP contribution in [0.5, 0.6) is 0 Å². The number of rotatable bonds is 10. The van der Waals surface area contributed by atoms with Gasteiger partial charge in [-0.25, -0.2) is 4.79 Å². The van der Waals surface area contributed by atoms with Crippen LogP contribution in [0.25, 0.3) is 5.69 Å². The number of hydrogen-bond donors (Lipinski definition) is 2. The van der Waals surface area contributed by atoms with E-state index >= 15 is 0 Å². The molecule has 0 saturated heterocycles. The zero-order chi connectivity index (χ0) is 19.5. The third-order valence-electron chi connectivity index (χ3n) is 3.62. The number of unbranched alkanes of at least 4 members (excludes halogenated alkanes) is 1. The maximum Gasteiger partial charge on any atom is 0.321 e. The minimum absolute atomic E-state index is 0.0205. The van der Waals surface area contributed by atoms with Crippen molar-refractivity contribution in [1.82, 2.24) is 30.8 Å². The Morgan fingerprint density at radius 1 is 1.26 bits per heavy atom. The SMILES string of the molecule is CCCCc1ccc(-n2nnnc2SCC(=O)NC(=O)NCCOC)cc1. The summed E-state index contributed by atoms with van der Waals surface area (Å²) in [5.74, 6) is -0.411. The van der Waals surface area contributed by atoms with Crippen molar-refractivity contribution in [2.24, 2.45) is 0 Å². The maximum absolute atomic E-state index is 11.9. The number of tetrazole rings is 1. The number of aromatic nitrogens is 4. The molecule has 1 aromatic heterocycles. The lowest BCUT2D eigenvalue weighted by Crippen LogP contribution is -2.41. The van der Waals surface area contributed by atoms with Gasteiger partial charge in [-0.2, -0.15) is 4.68 Å². The number of nitrogens with zero attached hydrogens (tertiary/aromatic N) is 4. The number of amides is 3. The summed E-state index contributed by atoms with van der Waals surface area (Å²) in [6.45, 7) is 2.87. The zero-order valence-corrected chi connectivity index (χ0v) is 16.3. The Kier molecular flexibility index (Phi) is 8.72. The summed E-state index contributed by atoms with van der Waals surface area (Å²) >= 11 is 1.16. The van der Waals surface area contributed by atoms with Gasteiger partial charge in [-0.1, -0.05) is 37.2 Å². The molecule has 0 saturated carbocycles. The van der Waals surface area contributed by atoms with E-state index in [1.807, 2.05) is 12.1 Å². The normalized spacial score (nSPS) is 10.6. The Labute approximate surface area is 162 Å². The molecule has 2 rings (SSSR count). The van der Waals surface area contributed by atoms with Crippen LogP contribution < -0.4 is 10.6 Å². The van der Waals surface area contributed by atoms with Crippen LogP contribution in [0.3, 0.4) is 0 Å². The van der Waals surface area contributed by atoms with Crippen LogP contribution in [-0.4, -0.2) is 58.2 Å². The number of methoxy groups -OCH3 is 1. The molecule has 27 heavy (non-hydrogen) atoms. The molecule has 0 aliphatic carbocycles. The van der Waals surface area contributed by atoms with Crippen LogP contribution in [0.15, 0.2) is 29.4 Å². The molecular formula is C17H24N6O3S. The number of hydrogen-bond acceptors (Lipinski definition) is 7. The van der Waals surface area contributed by atoms with E-state index in [-0.39, 0.29) is 5.75 Å². The van der Waals surface area contributed by atoms with Gasteiger partial charge in [0.2, 0.25) is 11.1 Å². The summed E-state index contributed by atoms with van der Waals surface area (Å²) in [5, 5.41) is 16.8. The standard InChI is InChI=1S/C17H24N6O3S/c1-3-4-5-13-6-8-14(9-7-13)23-17(20-21-22-23)27-12-15(24)19-16(25)18-10-11-26-2/h6-9H,3-5,10-12H2,1-2H3,(H2,18,19,24,25).